The molecule has 1 fully saturated rings. The Hall–Kier alpha value is -1.01. The molecule has 7 heteroatoms. The van der Waals surface area contributed by atoms with Gasteiger partial charge in [0, 0.05) is 45.7 Å². The van der Waals surface area contributed by atoms with Crippen molar-refractivity contribution in [3.05, 3.63) is 0 Å². The third-order valence-corrected chi connectivity index (χ3v) is 3.10. The first-order chi connectivity index (χ1) is 9.31. The van der Waals surface area contributed by atoms with E-state index in [1.54, 1.807) is 4.90 Å². The molecule has 1 aliphatic rings. The van der Waals surface area contributed by atoms with Crippen molar-refractivity contribution < 1.29 is 14.3 Å². The maximum atomic E-state index is 11.9. The van der Waals surface area contributed by atoms with E-state index in [9.17, 15) is 9.59 Å². The fraction of sp³-hybridized carbons (Fsp3) is 0.857. The van der Waals surface area contributed by atoms with Crippen molar-refractivity contribution in [1.82, 2.24) is 15.1 Å². The lowest BCUT2D eigenvalue weighted by Gasteiger charge is -2.35. The maximum absolute atomic E-state index is 11.9. The minimum atomic E-state index is -0.446. The van der Waals surface area contributed by atoms with E-state index in [2.05, 4.69) is 10.2 Å². The number of amides is 2. The largest absolute Gasteiger partial charge is 0.444 e. The van der Waals surface area contributed by atoms with Crippen LogP contribution in [0.1, 0.15) is 34.1 Å². The number of ether oxygens (including phenoxy) is 1. The van der Waals surface area contributed by atoms with Crippen LogP contribution in [0.15, 0.2) is 0 Å². The van der Waals surface area contributed by atoms with Crippen molar-refractivity contribution >= 4 is 24.4 Å². The number of hydrogen-bond donors (Lipinski definition) is 1. The Bertz CT molecular complexity index is 337. The molecule has 1 rings (SSSR count). The smallest absolute Gasteiger partial charge is 0.410 e. The number of carbonyl (C=O) groups is 2. The summed E-state index contributed by atoms with van der Waals surface area (Å²) in [5, 5.41) is 2.86. The number of piperazine rings is 1. The lowest BCUT2D eigenvalue weighted by atomic mass is 10.2. The zero-order valence-corrected chi connectivity index (χ0v) is 14.3. The minimum Gasteiger partial charge on any atom is -0.444 e. The fourth-order valence-electron chi connectivity index (χ4n) is 1.96. The predicted molar refractivity (Wildman–Crippen MR) is 84.8 cm³/mol. The van der Waals surface area contributed by atoms with Crippen molar-refractivity contribution in [3.8, 4) is 0 Å². The fourth-order valence-corrected chi connectivity index (χ4v) is 1.96. The predicted octanol–water partition coefficient (Wildman–Crippen LogP) is 1.49. The summed E-state index contributed by atoms with van der Waals surface area (Å²) in [6.45, 7) is 11.9. The molecule has 0 aromatic rings. The zero-order chi connectivity index (χ0) is 15.2. The van der Waals surface area contributed by atoms with Gasteiger partial charge in [0.25, 0.3) is 0 Å². The van der Waals surface area contributed by atoms with Gasteiger partial charge in [-0.05, 0) is 20.8 Å². The summed E-state index contributed by atoms with van der Waals surface area (Å²) >= 11 is 0. The van der Waals surface area contributed by atoms with Crippen molar-refractivity contribution in [2.24, 2.45) is 0 Å². The Morgan fingerprint density at radius 2 is 1.71 bits per heavy atom. The topological polar surface area (TPSA) is 61.9 Å². The van der Waals surface area contributed by atoms with Gasteiger partial charge < -0.3 is 15.0 Å². The van der Waals surface area contributed by atoms with Crippen LogP contribution < -0.4 is 5.32 Å². The average molecular weight is 322 g/mol. The second-order valence-corrected chi connectivity index (χ2v) is 6.01. The van der Waals surface area contributed by atoms with E-state index >= 15 is 0 Å². The molecule has 21 heavy (non-hydrogen) atoms. The SMILES string of the molecule is CCC(=O)NCCN1CCN(C(=O)OC(C)(C)C)CC1.Cl. The van der Waals surface area contributed by atoms with E-state index < -0.39 is 5.60 Å². The summed E-state index contributed by atoms with van der Waals surface area (Å²) in [6.07, 6.45) is 0.281. The van der Waals surface area contributed by atoms with Crippen LogP contribution in [0.5, 0.6) is 0 Å². The van der Waals surface area contributed by atoms with Gasteiger partial charge in [0.05, 0.1) is 0 Å². The Balaban J connectivity index is 0.00000400. The quantitative estimate of drug-likeness (QED) is 0.852. The van der Waals surface area contributed by atoms with Crippen LogP contribution in [0.2, 0.25) is 0 Å². The minimum absolute atomic E-state index is 0. The summed E-state index contributed by atoms with van der Waals surface area (Å²) in [5.41, 5.74) is -0.446. The highest BCUT2D eigenvalue weighted by molar-refractivity contribution is 5.85. The average Bonchev–Trinajstić information content (AvgIpc) is 2.37. The van der Waals surface area contributed by atoms with Crippen molar-refractivity contribution in [2.75, 3.05) is 39.3 Å². The van der Waals surface area contributed by atoms with Crippen LogP contribution in [0.25, 0.3) is 0 Å². The van der Waals surface area contributed by atoms with Gasteiger partial charge in [-0.3, -0.25) is 9.69 Å². The molecule has 0 radical (unpaired) electrons. The molecular weight excluding hydrogens is 294 g/mol. The van der Waals surface area contributed by atoms with Crippen LogP contribution in [-0.2, 0) is 9.53 Å². The van der Waals surface area contributed by atoms with Gasteiger partial charge >= 0.3 is 6.09 Å². The summed E-state index contributed by atoms with van der Waals surface area (Å²) in [5.74, 6) is 0.0809. The van der Waals surface area contributed by atoms with Gasteiger partial charge in [0.15, 0.2) is 0 Å². The normalized spacial score (nSPS) is 16.1. The van der Waals surface area contributed by atoms with Crippen LogP contribution in [0.4, 0.5) is 4.79 Å². The Morgan fingerprint density at radius 3 is 2.19 bits per heavy atom. The number of rotatable bonds is 4. The summed E-state index contributed by atoms with van der Waals surface area (Å²) in [6, 6.07) is 0. The first kappa shape index (κ1) is 20.0. The lowest BCUT2D eigenvalue weighted by molar-refractivity contribution is -0.120. The number of carbonyl (C=O) groups excluding carboxylic acids is 2. The number of nitrogens with one attached hydrogen (secondary N) is 1. The van der Waals surface area contributed by atoms with Crippen LogP contribution in [-0.4, -0.2) is 66.7 Å². The molecule has 124 valence electrons. The van der Waals surface area contributed by atoms with E-state index in [-0.39, 0.29) is 24.4 Å². The number of nitrogens with zero attached hydrogens (tertiary/aromatic N) is 2. The standard InChI is InChI=1S/C14H27N3O3.ClH/c1-5-12(18)15-6-7-16-8-10-17(11-9-16)13(19)20-14(2,3)4;/h5-11H2,1-4H3,(H,15,18);1H. The highest BCUT2D eigenvalue weighted by Gasteiger charge is 2.25. The number of hydrogen-bond acceptors (Lipinski definition) is 4. The number of halogens is 1. The highest BCUT2D eigenvalue weighted by atomic mass is 35.5. The molecule has 0 aromatic carbocycles. The third-order valence-electron chi connectivity index (χ3n) is 3.10. The van der Waals surface area contributed by atoms with Gasteiger partial charge in [-0.1, -0.05) is 6.92 Å². The maximum Gasteiger partial charge on any atom is 0.410 e. The van der Waals surface area contributed by atoms with Crippen molar-refractivity contribution in [2.45, 2.75) is 39.7 Å². The second-order valence-electron chi connectivity index (χ2n) is 6.01. The molecule has 1 heterocycles. The molecule has 0 atom stereocenters. The molecule has 1 N–H and O–H groups in total. The summed E-state index contributed by atoms with van der Waals surface area (Å²) in [7, 11) is 0. The van der Waals surface area contributed by atoms with Crippen LogP contribution in [0.3, 0.4) is 0 Å². The van der Waals surface area contributed by atoms with E-state index in [1.165, 1.54) is 0 Å². The molecule has 6 nitrogen and oxygen atoms in total. The molecular formula is C14H28ClN3O3. The third kappa shape index (κ3) is 8.12. The van der Waals surface area contributed by atoms with Crippen molar-refractivity contribution in [3.63, 3.8) is 0 Å². The lowest BCUT2D eigenvalue weighted by Crippen LogP contribution is -2.51. The Morgan fingerprint density at radius 1 is 1.14 bits per heavy atom. The van der Waals surface area contributed by atoms with E-state index in [0.29, 0.717) is 26.1 Å². The zero-order valence-electron chi connectivity index (χ0n) is 13.5. The molecule has 0 bridgehead atoms. The molecule has 0 spiro atoms. The van der Waals surface area contributed by atoms with E-state index in [4.69, 9.17) is 4.74 Å². The summed E-state index contributed by atoms with van der Waals surface area (Å²) in [4.78, 5) is 27.0. The van der Waals surface area contributed by atoms with Crippen LogP contribution >= 0.6 is 12.4 Å². The van der Waals surface area contributed by atoms with E-state index in [0.717, 1.165) is 19.6 Å². The summed E-state index contributed by atoms with van der Waals surface area (Å²) < 4.78 is 5.35. The highest BCUT2D eigenvalue weighted by Crippen LogP contribution is 2.11. The van der Waals surface area contributed by atoms with Crippen LogP contribution in [0, 0.1) is 0 Å². The Labute approximate surface area is 133 Å². The monoisotopic (exact) mass is 321 g/mol. The molecule has 0 saturated carbocycles. The first-order valence-corrected chi connectivity index (χ1v) is 7.29. The molecule has 0 aliphatic carbocycles. The Kier molecular flexibility index (Phi) is 8.66. The molecule has 0 aromatic heterocycles. The first-order valence-electron chi connectivity index (χ1n) is 7.29. The van der Waals surface area contributed by atoms with E-state index in [1.807, 2.05) is 27.7 Å². The molecule has 2 amide bonds. The van der Waals surface area contributed by atoms with Gasteiger partial charge in [0.1, 0.15) is 5.60 Å². The van der Waals surface area contributed by atoms with Gasteiger partial charge in [-0.25, -0.2) is 4.79 Å². The van der Waals surface area contributed by atoms with Gasteiger partial charge in [0.2, 0.25) is 5.91 Å². The van der Waals surface area contributed by atoms with Gasteiger partial charge in [-0.2, -0.15) is 0 Å². The van der Waals surface area contributed by atoms with Crippen molar-refractivity contribution in [1.29, 1.82) is 0 Å². The molecule has 1 aliphatic heterocycles. The molecule has 0 unspecified atom stereocenters. The van der Waals surface area contributed by atoms with Gasteiger partial charge in [-0.15, -0.1) is 12.4 Å². The second kappa shape index (κ2) is 9.10. The molecule has 1 saturated heterocycles.